The van der Waals surface area contributed by atoms with Gasteiger partial charge in [0.25, 0.3) is 0 Å². The lowest BCUT2D eigenvalue weighted by molar-refractivity contribution is 0.161. The minimum absolute atomic E-state index is 0.106. The number of benzene rings is 1. The molecule has 0 aliphatic carbocycles. The zero-order chi connectivity index (χ0) is 21.3. The highest BCUT2D eigenvalue weighted by atomic mass is 79.9. The monoisotopic (exact) mass is 568 g/mol. The number of rotatable bonds is 3. The van der Waals surface area contributed by atoms with Crippen LogP contribution < -0.4 is 4.90 Å². The average molecular weight is 572 g/mol. The molecule has 1 aromatic carbocycles. The van der Waals surface area contributed by atoms with E-state index < -0.39 is 13.7 Å². The Morgan fingerprint density at radius 2 is 1.61 bits per heavy atom. The molecule has 1 amide bonds. The molecule has 13 heteroatoms. The summed E-state index contributed by atoms with van der Waals surface area (Å²) in [5.41, 5.74) is 1.06. The van der Waals surface area contributed by atoms with E-state index in [-0.39, 0.29) is 24.1 Å². The first-order chi connectivity index (χ1) is 12.8. The van der Waals surface area contributed by atoms with E-state index in [0.29, 0.717) is 15.7 Å². The van der Waals surface area contributed by atoms with Crippen LogP contribution in [0.3, 0.4) is 0 Å². The van der Waals surface area contributed by atoms with Gasteiger partial charge in [0, 0.05) is 22.8 Å². The van der Waals surface area contributed by atoms with E-state index in [0.717, 1.165) is 0 Å². The number of alkyl halides is 6. The van der Waals surface area contributed by atoms with Crippen molar-refractivity contribution in [3.8, 4) is 11.4 Å². The Kier molecular flexibility index (Phi) is 7.92. The molecule has 0 fully saturated rings. The van der Waals surface area contributed by atoms with Gasteiger partial charge in [-0.25, -0.2) is 19.7 Å². The number of hydrogen-bond donors (Lipinski definition) is 0. The number of aromatic nitrogens is 3. The second kappa shape index (κ2) is 9.25. The highest BCUT2D eigenvalue weighted by Crippen LogP contribution is 2.41. The highest BCUT2D eigenvalue weighted by molar-refractivity contribution is 9.10. The molecule has 0 unspecified atom stereocenters. The number of hydrogen-bond acceptors (Lipinski definition) is 5. The molecule has 0 bridgehead atoms. The van der Waals surface area contributed by atoms with Crippen LogP contribution in [0.2, 0.25) is 0 Å². The average Bonchev–Trinajstić information content (AvgIpc) is 2.59. The molecular weight excluding hydrogens is 561 g/mol. The summed E-state index contributed by atoms with van der Waals surface area (Å²) in [5.74, 6) is -0.304. The molecule has 2 rings (SSSR count). The van der Waals surface area contributed by atoms with Crippen LogP contribution in [-0.4, -0.2) is 34.7 Å². The first-order valence-electron chi connectivity index (χ1n) is 7.45. The first-order valence-corrected chi connectivity index (χ1v) is 10.5. The van der Waals surface area contributed by atoms with Crippen LogP contribution in [0.25, 0.3) is 11.4 Å². The summed E-state index contributed by atoms with van der Waals surface area (Å²) in [4.78, 5) is 25.5. The van der Waals surface area contributed by atoms with Gasteiger partial charge >= 0.3 is 6.09 Å². The molecule has 0 spiro atoms. The predicted molar refractivity (Wildman–Crippen MR) is 117 cm³/mol. The van der Waals surface area contributed by atoms with Gasteiger partial charge in [0.05, 0.1) is 6.61 Å². The predicted octanol–water partition coefficient (Wildman–Crippen LogP) is 6.55. The molecule has 152 valence electrons. The highest BCUT2D eigenvalue weighted by Gasteiger charge is 2.34. The van der Waals surface area contributed by atoms with Crippen LogP contribution in [0.1, 0.15) is 18.6 Å². The van der Waals surface area contributed by atoms with Gasteiger partial charge in [-0.3, -0.25) is 4.90 Å². The van der Waals surface area contributed by atoms with Gasteiger partial charge in [-0.15, -0.1) is 0 Å². The van der Waals surface area contributed by atoms with E-state index in [4.69, 9.17) is 74.3 Å². The zero-order valence-corrected chi connectivity index (χ0v) is 20.3. The van der Waals surface area contributed by atoms with Crippen molar-refractivity contribution in [2.75, 3.05) is 18.6 Å². The SMILES string of the molecule is CCOC(=O)N(C)c1ccc(-c2nc(C(Cl)(Cl)Cl)nc(C(Cl)(Cl)Cl)n2)c(Br)c1. The van der Waals surface area contributed by atoms with Crippen LogP contribution in [0.15, 0.2) is 22.7 Å². The quantitative estimate of drug-likeness (QED) is 0.391. The minimum Gasteiger partial charge on any atom is -0.449 e. The van der Waals surface area contributed by atoms with Crippen LogP contribution in [0.5, 0.6) is 0 Å². The smallest absolute Gasteiger partial charge is 0.413 e. The van der Waals surface area contributed by atoms with Crippen LogP contribution >= 0.6 is 85.5 Å². The van der Waals surface area contributed by atoms with Crippen molar-refractivity contribution in [1.82, 2.24) is 15.0 Å². The molecule has 0 saturated carbocycles. The Labute approximate surface area is 199 Å². The number of carbonyl (C=O) groups is 1. The van der Waals surface area contributed by atoms with Crippen LogP contribution in [0.4, 0.5) is 10.5 Å². The van der Waals surface area contributed by atoms with E-state index in [9.17, 15) is 4.79 Å². The molecule has 0 aliphatic rings. The zero-order valence-electron chi connectivity index (χ0n) is 14.2. The summed E-state index contributed by atoms with van der Waals surface area (Å²) in [6.45, 7) is 1.98. The second-order valence-electron chi connectivity index (χ2n) is 5.22. The van der Waals surface area contributed by atoms with Gasteiger partial charge < -0.3 is 4.74 Å². The van der Waals surface area contributed by atoms with Gasteiger partial charge in [-0.05, 0) is 41.1 Å². The van der Waals surface area contributed by atoms with Crippen LogP contribution in [0, 0.1) is 0 Å². The van der Waals surface area contributed by atoms with Gasteiger partial charge in [-0.1, -0.05) is 69.6 Å². The minimum atomic E-state index is -1.96. The molecule has 0 aliphatic heterocycles. The molecule has 0 N–H and O–H groups in total. The van der Waals surface area contributed by atoms with Crippen molar-refractivity contribution in [3.63, 3.8) is 0 Å². The molecule has 1 heterocycles. The van der Waals surface area contributed by atoms with Crippen molar-refractivity contribution in [2.45, 2.75) is 14.5 Å². The summed E-state index contributed by atoms with van der Waals surface area (Å²) >= 11 is 38.8. The third-order valence-corrected chi connectivity index (χ3v) is 4.94. The lowest BCUT2D eigenvalue weighted by atomic mass is 10.2. The van der Waals surface area contributed by atoms with E-state index in [1.807, 2.05) is 0 Å². The number of halogens is 7. The summed E-state index contributed by atoms with van der Waals surface area (Å²) in [7, 11) is 1.57. The normalized spacial score (nSPS) is 12.0. The molecule has 1 aromatic heterocycles. The third kappa shape index (κ3) is 5.88. The number of ether oxygens (including phenoxy) is 1. The van der Waals surface area contributed by atoms with Gasteiger partial charge in [-0.2, -0.15) is 0 Å². The first kappa shape index (κ1) is 24.0. The number of anilines is 1. The summed E-state index contributed by atoms with van der Waals surface area (Å²) < 4.78 is 1.59. The third-order valence-electron chi connectivity index (χ3n) is 3.27. The number of carbonyl (C=O) groups excluding carboxylic acids is 1. The van der Waals surface area contributed by atoms with Crippen LogP contribution in [-0.2, 0) is 12.3 Å². The summed E-state index contributed by atoms with van der Waals surface area (Å²) in [6.07, 6.45) is -0.501. The molecule has 0 saturated heterocycles. The molecule has 0 radical (unpaired) electrons. The van der Waals surface area contributed by atoms with E-state index in [1.165, 1.54) is 4.90 Å². The Hall–Kier alpha value is -0.280. The number of amides is 1. The summed E-state index contributed by atoms with van der Waals surface area (Å²) in [6, 6.07) is 4.97. The lowest BCUT2D eigenvalue weighted by Gasteiger charge is -2.18. The van der Waals surface area contributed by atoms with Crippen molar-refractivity contribution < 1.29 is 9.53 Å². The topological polar surface area (TPSA) is 68.2 Å². The Balaban J connectivity index is 2.54. The van der Waals surface area contributed by atoms with Crippen molar-refractivity contribution in [2.24, 2.45) is 0 Å². The fraction of sp³-hybridized carbons (Fsp3) is 0.333. The summed E-state index contributed by atoms with van der Waals surface area (Å²) in [5, 5.41) is 0. The second-order valence-corrected chi connectivity index (χ2v) is 10.6. The Morgan fingerprint density at radius 1 is 1.07 bits per heavy atom. The van der Waals surface area contributed by atoms with E-state index in [1.54, 1.807) is 32.2 Å². The maximum absolute atomic E-state index is 11.9. The molecule has 28 heavy (non-hydrogen) atoms. The maximum atomic E-state index is 11.9. The molecule has 2 aromatic rings. The Bertz CT molecular complexity index is 856. The van der Waals surface area contributed by atoms with E-state index in [2.05, 4.69) is 30.9 Å². The van der Waals surface area contributed by atoms with Crippen molar-refractivity contribution in [3.05, 3.63) is 34.3 Å². The van der Waals surface area contributed by atoms with Gasteiger partial charge in [0.2, 0.25) is 7.59 Å². The maximum Gasteiger partial charge on any atom is 0.413 e. The largest absolute Gasteiger partial charge is 0.449 e. The van der Waals surface area contributed by atoms with Crippen molar-refractivity contribution >= 4 is 97.3 Å². The fourth-order valence-electron chi connectivity index (χ4n) is 1.97. The standard InChI is InChI=1S/C15H11BrCl6N4O2/c1-3-28-13(27)26(2)7-4-5-8(9(16)6-7)10-23-11(14(17,18)19)25-12(24-10)15(20,21)22/h4-6H,3H2,1-2H3. The number of nitrogens with zero attached hydrogens (tertiary/aromatic N) is 4. The Morgan fingerprint density at radius 3 is 2.04 bits per heavy atom. The molecular formula is C15H11BrCl6N4O2. The van der Waals surface area contributed by atoms with E-state index >= 15 is 0 Å². The lowest BCUT2D eigenvalue weighted by Crippen LogP contribution is -2.26. The molecule has 0 atom stereocenters. The van der Waals surface area contributed by atoms with Gasteiger partial charge in [0.1, 0.15) is 0 Å². The fourth-order valence-corrected chi connectivity index (χ4v) is 3.02. The van der Waals surface area contributed by atoms with Gasteiger partial charge in [0.15, 0.2) is 17.5 Å². The van der Waals surface area contributed by atoms with Crippen molar-refractivity contribution in [1.29, 1.82) is 0 Å². The molecule has 6 nitrogen and oxygen atoms in total.